The van der Waals surface area contributed by atoms with Crippen molar-refractivity contribution >= 4 is 21.9 Å². The van der Waals surface area contributed by atoms with Crippen molar-refractivity contribution in [1.29, 1.82) is 0 Å². The second-order valence-electron chi connectivity index (χ2n) is 8.27. The highest BCUT2D eigenvalue weighted by molar-refractivity contribution is 5.99. The highest BCUT2D eigenvalue weighted by atomic mass is 16.5. The highest BCUT2D eigenvalue weighted by Crippen LogP contribution is 2.34. The smallest absolute Gasteiger partial charge is 0.246 e. The molecule has 0 bridgehead atoms. The summed E-state index contributed by atoms with van der Waals surface area (Å²) in [5, 5.41) is 1.13. The molecule has 170 valence electrons. The maximum atomic E-state index is 6.14. The first-order valence-electron chi connectivity index (χ1n) is 11.3. The van der Waals surface area contributed by atoms with Gasteiger partial charge in [0.25, 0.3) is 0 Å². The molecule has 0 radical (unpaired) electrons. The normalized spacial score (nSPS) is 11.1. The van der Waals surface area contributed by atoms with Gasteiger partial charge in [0.15, 0.2) is 0 Å². The molecule has 0 atom stereocenters. The number of methoxy groups -OCH3 is 1. The number of benzene rings is 3. The number of para-hydroxylation sites is 1. The quantitative estimate of drug-likeness (QED) is 0.289. The van der Waals surface area contributed by atoms with Gasteiger partial charge >= 0.3 is 0 Å². The number of rotatable bonds is 5. The van der Waals surface area contributed by atoms with Gasteiger partial charge in [-0.15, -0.1) is 0 Å². The molecule has 0 spiro atoms. The summed E-state index contributed by atoms with van der Waals surface area (Å²) >= 11 is 0. The Bertz CT molecular complexity index is 1660. The van der Waals surface area contributed by atoms with Gasteiger partial charge in [-0.25, -0.2) is 15.0 Å². The Balaban J connectivity index is 1.32. The van der Waals surface area contributed by atoms with Gasteiger partial charge in [-0.3, -0.25) is 0 Å². The summed E-state index contributed by atoms with van der Waals surface area (Å²) in [6.07, 6.45) is 5.41. The van der Waals surface area contributed by atoms with Gasteiger partial charge < -0.3 is 14.0 Å². The second-order valence-corrected chi connectivity index (χ2v) is 8.27. The maximum absolute atomic E-state index is 6.14. The zero-order valence-electron chi connectivity index (χ0n) is 19.3. The molecule has 3 aromatic carbocycles. The van der Waals surface area contributed by atoms with E-state index in [0.717, 1.165) is 44.4 Å². The van der Waals surface area contributed by atoms with Gasteiger partial charge in [0.1, 0.15) is 17.2 Å². The molecule has 0 unspecified atom stereocenters. The molecule has 0 fully saturated rings. The molecule has 3 heterocycles. The van der Waals surface area contributed by atoms with Crippen molar-refractivity contribution in [2.75, 3.05) is 7.11 Å². The largest absolute Gasteiger partial charge is 0.497 e. The van der Waals surface area contributed by atoms with Crippen LogP contribution in [0.25, 0.3) is 44.3 Å². The minimum Gasteiger partial charge on any atom is -0.497 e. The molecule has 6 rings (SSSR count). The van der Waals surface area contributed by atoms with E-state index in [1.54, 1.807) is 19.5 Å². The molecular formula is C29H22N4O2. The van der Waals surface area contributed by atoms with Crippen molar-refractivity contribution in [2.45, 2.75) is 0 Å². The van der Waals surface area contributed by atoms with Crippen LogP contribution in [0.1, 0.15) is 0 Å². The molecule has 6 heteroatoms. The average Bonchev–Trinajstić information content (AvgIpc) is 3.23. The topological polar surface area (TPSA) is 62.1 Å². The van der Waals surface area contributed by atoms with Crippen LogP contribution in [0.3, 0.4) is 0 Å². The number of aromatic nitrogens is 4. The van der Waals surface area contributed by atoms with E-state index >= 15 is 0 Å². The predicted octanol–water partition coefficient (Wildman–Crippen LogP) is 6.65. The van der Waals surface area contributed by atoms with Crippen LogP contribution >= 0.6 is 0 Å². The van der Waals surface area contributed by atoms with Crippen LogP contribution in [0.15, 0.2) is 97.5 Å². The maximum Gasteiger partial charge on any atom is 0.246 e. The van der Waals surface area contributed by atoms with Crippen LogP contribution < -0.4 is 9.47 Å². The SMILES string of the molecule is COc1ccc(-c2nccnc2Oc2ccc(-c3cn(C)c4cc5ccccc5nc34)cc2)cc1. The van der Waals surface area contributed by atoms with Gasteiger partial charge in [0.2, 0.25) is 5.88 Å². The lowest BCUT2D eigenvalue weighted by Gasteiger charge is -2.10. The Morgan fingerprint density at radius 3 is 2.29 bits per heavy atom. The lowest BCUT2D eigenvalue weighted by Crippen LogP contribution is -1.94. The lowest BCUT2D eigenvalue weighted by atomic mass is 10.1. The monoisotopic (exact) mass is 458 g/mol. The number of aryl methyl sites for hydroxylation is 1. The number of nitrogens with zero attached hydrogens (tertiary/aromatic N) is 4. The number of fused-ring (bicyclic) bond motifs is 2. The number of ether oxygens (including phenoxy) is 2. The van der Waals surface area contributed by atoms with E-state index in [0.29, 0.717) is 17.3 Å². The van der Waals surface area contributed by atoms with Crippen LogP contribution in [0.2, 0.25) is 0 Å². The number of hydrogen-bond acceptors (Lipinski definition) is 5. The summed E-state index contributed by atoms with van der Waals surface area (Å²) in [6.45, 7) is 0. The molecule has 0 N–H and O–H groups in total. The fourth-order valence-electron chi connectivity index (χ4n) is 4.27. The third-order valence-corrected chi connectivity index (χ3v) is 6.07. The van der Waals surface area contributed by atoms with Gasteiger partial charge in [0.05, 0.1) is 23.7 Å². The molecule has 6 aromatic rings. The molecule has 0 aliphatic carbocycles. The number of pyridine rings is 1. The van der Waals surface area contributed by atoms with Crippen molar-refractivity contribution in [3.63, 3.8) is 0 Å². The summed E-state index contributed by atoms with van der Waals surface area (Å²) in [5.74, 6) is 1.91. The van der Waals surface area contributed by atoms with E-state index in [9.17, 15) is 0 Å². The standard InChI is InChI=1S/C29H22N4O2/c1-33-18-24(28-26(33)17-21-5-3-4-6-25(21)32-28)19-7-13-23(14-8-19)35-29-27(30-15-16-31-29)20-9-11-22(34-2)12-10-20/h3-18H,1-2H3. The molecule has 6 nitrogen and oxygen atoms in total. The zero-order chi connectivity index (χ0) is 23.8. The van der Waals surface area contributed by atoms with Gasteiger partial charge in [-0.1, -0.05) is 30.3 Å². The van der Waals surface area contributed by atoms with Gasteiger partial charge in [-0.05, 0) is 54.1 Å². The fourth-order valence-corrected chi connectivity index (χ4v) is 4.27. The van der Waals surface area contributed by atoms with Gasteiger partial charge in [0, 0.05) is 42.2 Å². The Labute approximate surface area is 202 Å². The van der Waals surface area contributed by atoms with Crippen LogP contribution in [-0.4, -0.2) is 26.6 Å². The van der Waals surface area contributed by atoms with E-state index < -0.39 is 0 Å². The van der Waals surface area contributed by atoms with E-state index in [1.807, 2.05) is 66.7 Å². The minimum atomic E-state index is 0.448. The van der Waals surface area contributed by atoms with E-state index in [1.165, 1.54) is 0 Å². The first kappa shape index (κ1) is 20.9. The van der Waals surface area contributed by atoms with E-state index in [-0.39, 0.29) is 0 Å². The van der Waals surface area contributed by atoms with Crippen LogP contribution in [0.4, 0.5) is 0 Å². The molecule has 0 saturated heterocycles. The molecule has 3 aromatic heterocycles. The molecule has 0 aliphatic rings. The Hall–Kier alpha value is -4.71. The van der Waals surface area contributed by atoms with Gasteiger partial charge in [-0.2, -0.15) is 0 Å². The highest BCUT2D eigenvalue weighted by Gasteiger charge is 2.14. The minimum absolute atomic E-state index is 0.448. The van der Waals surface area contributed by atoms with Crippen molar-refractivity contribution in [1.82, 2.24) is 19.5 Å². The summed E-state index contributed by atoms with van der Waals surface area (Å²) in [7, 11) is 3.70. The average molecular weight is 459 g/mol. The van der Waals surface area contributed by atoms with E-state index in [4.69, 9.17) is 14.5 Å². The lowest BCUT2D eigenvalue weighted by molar-refractivity contribution is 0.415. The number of hydrogen-bond donors (Lipinski definition) is 0. The zero-order valence-corrected chi connectivity index (χ0v) is 19.3. The third kappa shape index (κ3) is 3.85. The summed E-state index contributed by atoms with van der Waals surface area (Å²) in [6, 6.07) is 26.0. The predicted molar refractivity (Wildman–Crippen MR) is 138 cm³/mol. The summed E-state index contributed by atoms with van der Waals surface area (Å²) < 4.78 is 13.5. The van der Waals surface area contributed by atoms with Crippen LogP contribution in [0, 0.1) is 0 Å². The van der Waals surface area contributed by atoms with E-state index in [2.05, 4.69) is 39.9 Å². The first-order chi connectivity index (χ1) is 17.2. The fraction of sp³-hybridized carbons (Fsp3) is 0.0690. The molecule has 0 aliphatic heterocycles. The molecular weight excluding hydrogens is 436 g/mol. The molecule has 0 saturated carbocycles. The van der Waals surface area contributed by atoms with Crippen LogP contribution in [-0.2, 0) is 7.05 Å². The Morgan fingerprint density at radius 1 is 0.771 bits per heavy atom. The Morgan fingerprint density at radius 2 is 1.49 bits per heavy atom. The van der Waals surface area contributed by atoms with Crippen molar-refractivity contribution in [2.24, 2.45) is 7.05 Å². The van der Waals surface area contributed by atoms with Crippen molar-refractivity contribution in [3.8, 4) is 39.8 Å². The Kier molecular flexibility index (Phi) is 5.11. The first-order valence-corrected chi connectivity index (χ1v) is 11.3. The molecule has 0 amide bonds. The van der Waals surface area contributed by atoms with Crippen LogP contribution in [0.5, 0.6) is 17.4 Å². The summed E-state index contributed by atoms with van der Waals surface area (Å²) in [4.78, 5) is 13.8. The third-order valence-electron chi connectivity index (χ3n) is 6.07. The van der Waals surface area contributed by atoms with Crippen molar-refractivity contribution < 1.29 is 9.47 Å². The van der Waals surface area contributed by atoms with Crippen molar-refractivity contribution in [3.05, 3.63) is 97.5 Å². The summed E-state index contributed by atoms with van der Waals surface area (Å²) in [5.41, 5.74) is 6.79. The second kappa shape index (κ2) is 8.57. The molecule has 35 heavy (non-hydrogen) atoms.